The van der Waals surface area contributed by atoms with Gasteiger partial charge in [0, 0.05) is 18.3 Å². The first-order chi connectivity index (χ1) is 11.9. The second-order valence-electron chi connectivity index (χ2n) is 9.16. The molecular formula is C22H38N2O+2. The van der Waals surface area contributed by atoms with Crippen molar-refractivity contribution in [1.82, 2.24) is 0 Å². The first kappa shape index (κ1) is 18.7. The maximum absolute atomic E-state index is 6.57. The van der Waals surface area contributed by atoms with E-state index in [1.165, 1.54) is 44.5 Å². The molecule has 140 valence electrons. The Hall–Kier alpha value is -1.06. The van der Waals surface area contributed by atoms with Crippen LogP contribution in [0.15, 0.2) is 24.3 Å². The van der Waals surface area contributed by atoms with Gasteiger partial charge in [0.25, 0.3) is 0 Å². The average Bonchev–Trinajstić information content (AvgIpc) is 2.55. The molecule has 3 rings (SSSR count). The van der Waals surface area contributed by atoms with Crippen LogP contribution < -0.4 is 15.0 Å². The van der Waals surface area contributed by atoms with Gasteiger partial charge in [0.15, 0.2) is 0 Å². The second-order valence-corrected chi connectivity index (χ2v) is 9.16. The first-order valence-corrected chi connectivity index (χ1v) is 10.3. The topological polar surface area (TPSA) is 30.3 Å². The SMILES string of the molecule is C[C@@H]1[C@H](C[NH2+]CCC[NH+](C)C)[C@@H](C)C[C@]2(C)Oc3ccccc3C[C@H]12. The Balaban J connectivity index is 1.64. The van der Waals surface area contributed by atoms with Crippen LogP contribution in [0.5, 0.6) is 5.75 Å². The lowest BCUT2D eigenvalue weighted by atomic mass is 9.59. The lowest BCUT2D eigenvalue weighted by Gasteiger charge is -2.53. The van der Waals surface area contributed by atoms with E-state index >= 15 is 0 Å². The second kappa shape index (κ2) is 7.67. The third kappa shape index (κ3) is 4.03. The van der Waals surface area contributed by atoms with Gasteiger partial charge in [-0.05, 0) is 43.2 Å². The van der Waals surface area contributed by atoms with Crippen molar-refractivity contribution in [3.63, 3.8) is 0 Å². The largest absolute Gasteiger partial charge is 0.487 e. The molecule has 2 aliphatic rings. The summed E-state index contributed by atoms with van der Waals surface area (Å²) in [5, 5.41) is 2.57. The molecule has 1 aromatic carbocycles. The number of hydrogen-bond donors (Lipinski definition) is 2. The van der Waals surface area contributed by atoms with Crippen LogP contribution in [-0.2, 0) is 6.42 Å². The quantitative estimate of drug-likeness (QED) is 0.749. The van der Waals surface area contributed by atoms with Crippen LogP contribution in [0, 0.1) is 23.7 Å². The summed E-state index contributed by atoms with van der Waals surface area (Å²) < 4.78 is 6.57. The minimum atomic E-state index is 0.0119. The molecule has 0 radical (unpaired) electrons. The highest BCUT2D eigenvalue weighted by Crippen LogP contribution is 2.50. The lowest BCUT2D eigenvalue weighted by Crippen LogP contribution is -3.06. The van der Waals surface area contributed by atoms with Crippen LogP contribution in [0.25, 0.3) is 0 Å². The highest BCUT2D eigenvalue weighted by molar-refractivity contribution is 5.37. The van der Waals surface area contributed by atoms with E-state index in [0.29, 0.717) is 5.92 Å². The molecule has 3 N–H and O–H groups in total. The monoisotopic (exact) mass is 346 g/mol. The van der Waals surface area contributed by atoms with Gasteiger partial charge in [0.2, 0.25) is 0 Å². The fourth-order valence-corrected chi connectivity index (χ4v) is 5.45. The molecule has 3 nitrogen and oxygen atoms in total. The smallest absolute Gasteiger partial charge is 0.123 e. The summed E-state index contributed by atoms with van der Waals surface area (Å²) in [5.74, 6) is 4.02. The van der Waals surface area contributed by atoms with E-state index in [1.54, 1.807) is 4.90 Å². The summed E-state index contributed by atoms with van der Waals surface area (Å²) >= 11 is 0. The standard InChI is InChI=1S/C22H36N2O/c1-16-14-22(3)20(13-18-9-6-7-10-21(18)25-22)17(2)19(16)15-23-11-8-12-24(4)5/h6-7,9-10,16-17,19-20,23H,8,11-15H2,1-5H3/p+2/t16-,17+,19+,20+,22-/m0/s1. The van der Waals surface area contributed by atoms with E-state index in [1.807, 2.05) is 0 Å². The van der Waals surface area contributed by atoms with Gasteiger partial charge in [-0.15, -0.1) is 0 Å². The summed E-state index contributed by atoms with van der Waals surface area (Å²) in [4.78, 5) is 1.56. The number of nitrogens with two attached hydrogens (primary N) is 1. The van der Waals surface area contributed by atoms with E-state index in [2.05, 4.69) is 64.4 Å². The minimum absolute atomic E-state index is 0.0119. The molecule has 1 fully saturated rings. The number of nitrogens with one attached hydrogen (secondary N) is 1. The highest BCUT2D eigenvalue weighted by atomic mass is 16.5. The Labute approximate surface area is 154 Å². The molecule has 0 spiro atoms. The predicted molar refractivity (Wildman–Crippen MR) is 103 cm³/mol. The van der Waals surface area contributed by atoms with E-state index < -0.39 is 0 Å². The zero-order valence-electron chi connectivity index (χ0n) is 16.8. The summed E-state index contributed by atoms with van der Waals surface area (Å²) in [6.07, 6.45) is 3.69. The molecule has 0 amide bonds. The predicted octanol–water partition coefficient (Wildman–Crippen LogP) is 1.39. The van der Waals surface area contributed by atoms with Crippen LogP contribution in [0.3, 0.4) is 0 Å². The van der Waals surface area contributed by atoms with E-state index in [9.17, 15) is 0 Å². The molecule has 5 atom stereocenters. The summed E-state index contributed by atoms with van der Waals surface area (Å²) in [5.41, 5.74) is 1.42. The molecule has 0 saturated heterocycles. The number of hydrogen-bond acceptors (Lipinski definition) is 1. The lowest BCUT2D eigenvalue weighted by molar-refractivity contribution is -0.860. The van der Waals surface area contributed by atoms with Gasteiger partial charge in [-0.2, -0.15) is 0 Å². The third-order valence-electron chi connectivity index (χ3n) is 6.83. The van der Waals surface area contributed by atoms with Crippen molar-refractivity contribution in [1.29, 1.82) is 0 Å². The van der Waals surface area contributed by atoms with Gasteiger partial charge in [0.05, 0.1) is 33.7 Å². The molecule has 1 saturated carbocycles. The average molecular weight is 347 g/mol. The van der Waals surface area contributed by atoms with Crippen molar-refractivity contribution in [2.45, 2.75) is 45.6 Å². The van der Waals surface area contributed by atoms with Crippen molar-refractivity contribution in [2.75, 3.05) is 33.7 Å². The zero-order valence-corrected chi connectivity index (χ0v) is 16.8. The van der Waals surface area contributed by atoms with Gasteiger partial charge < -0.3 is 15.0 Å². The molecule has 1 heterocycles. The Morgan fingerprint density at radius 1 is 1.24 bits per heavy atom. The number of benzene rings is 1. The fourth-order valence-electron chi connectivity index (χ4n) is 5.45. The summed E-state index contributed by atoms with van der Waals surface area (Å²) in [7, 11) is 4.49. The van der Waals surface area contributed by atoms with Crippen molar-refractivity contribution >= 4 is 0 Å². The minimum Gasteiger partial charge on any atom is -0.487 e. The molecule has 0 bridgehead atoms. The van der Waals surface area contributed by atoms with Crippen LogP contribution in [-0.4, -0.2) is 39.3 Å². The van der Waals surface area contributed by atoms with Crippen molar-refractivity contribution in [3.05, 3.63) is 29.8 Å². The van der Waals surface area contributed by atoms with Gasteiger partial charge in [-0.1, -0.05) is 32.0 Å². The van der Waals surface area contributed by atoms with Crippen molar-refractivity contribution < 1.29 is 15.0 Å². The van der Waals surface area contributed by atoms with Gasteiger partial charge in [0.1, 0.15) is 11.4 Å². The zero-order chi connectivity index (χ0) is 18.0. The maximum Gasteiger partial charge on any atom is 0.123 e. The van der Waals surface area contributed by atoms with Gasteiger partial charge in [-0.25, -0.2) is 0 Å². The number of para-hydroxylation sites is 1. The molecule has 0 unspecified atom stereocenters. The number of rotatable bonds is 6. The van der Waals surface area contributed by atoms with Gasteiger partial charge in [-0.3, -0.25) is 0 Å². The molecule has 3 heteroatoms. The fraction of sp³-hybridized carbons (Fsp3) is 0.727. The highest BCUT2D eigenvalue weighted by Gasteiger charge is 2.51. The molecule has 1 aromatic rings. The van der Waals surface area contributed by atoms with Gasteiger partial charge >= 0.3 is 0 Å². The number of ether oxygens (including phenoxy) is 1. The Morgan fingerprint density at radius 3 is 2.76 bits per heavy atom. The van der Waals surface area contributed by atoms with E-state index in [4.69, 9.17) is 4.74 Å². The summed E-state index contributed by atoms with van der Waals surface area (Å²) in [6.45, 7) is 11.1. The Kier molecular flexibility index (Phi) is 5.75. The molecule has 0 aromatic heterocycles. The van der Waals surface area contributed by atoms with E-state index in [-0.39, 0.29) is 5.60 Å². The normalized spacial score (nSPS) is 34.3. The molecule has 25 heavy (non-hydrogen) atoms. The number of fused-ring (bicyclic) bond motifs is 2. The third-order valence-corrected chi connectivity index (χ3v) is 6.83. The number of quaternary nitrogens is 2. The summed E-state index contributed by atoms with van der Waals surface area (Å²) in [6, 6.07) is 8.66. The Bertz CT molecular complexity index is 573. The molecule has 1 aliphatic heterocycles. The van der Waals surface area contributed by atoms with E-state index in [0.717, 1.165) is 23.5 Å². The Morgan fingerprint density at radius 2 is 2.00 bits per heavy atom. The molecule has 1 aliphatic carbocycles. The van der Waals surface area contributed by atoms with Crippen LogP contribution in [0.4, 0.5) is 0 Å². The van der Waals surface area contributed by atoms with Crippen LogP contribution >= 0.6 is 0 Å². The molecular weight excluding hydrogens is 308 g/mol. The van der Waals surface area contributed by atoms with Crippen LogP contribution in [0.1, 0.15) is 39.2 Å². The first-order valence-electron chi connectivity index (χ1n) is 10.3. The van der Waals surface area contributed by atoms with Crippen molar-refractivity contribution in [2.24, 2.45) is 23.7 Å². The maximum atomic E-state index is 6.57. The van der Waals surface area contributed by atoms with Crippen molar-refractivity contribution in [3.8, 4) is 5.75 Å². The van der Waals surface area contributed by atoms with Crippen LogP contribution in [0.2, 0.25) is 0 Å².